The number of anilines is 1. The maximum absolute atomic E-state index is 5.74. The topological polar surface area (TPSA) is 25.4 Å². The van der Waals surface area contributed by atoms with Crippen LogP contribution in [0, 0.1) is 0 Å². The molecule has 0 aromatic carbocycles. The van der Waals surface area contributed by atoms with Gasteiger partial charge in [-0.3, -0.25) is 0 Å². The number of hydrogen-bond donors (Lipinski definition) is 0. The average Bonchev–Trinajstić information content (AvgIpc) is 2.28. The second-order valence-corrected chi connectivity index (χ2v) is 3.80. The van der Waals surface area contributed by atoms with Crippen LogP contribution in [0.4, 0.5) is 5.82 Å². The molecule has 0 radical (unpaired) electrons. The number of likely N-dealkylation sites (N-methyl/N-ethyl adjacent to an activating group) is 1. The molecule has 0 aliphatic heterocycles. The molecule has 0 aliphatic rings. The maximum Gasteiger partial charge on any atom is 0.128 e. The highest BCUT2D eigenvalue weighted by Crippen LogP contribution is 2.13. The van der Waals surface area contributed by atoms with E-state index in [1.807, 2.05) is 25.2 Å². The minimum Gasteiger partial charge on any atom is -0.383 e. The highest BCUT2D eigenvalue weighted by Gasteiger charge is 2.10. The summed E-state index contributed by atoms with van der Waals surface area (Å²) in [6.45, 7) is 2.78. The summed E-state index contributed by atoms with van der Waals surface area (Å²) in [6, 6.07) is 6.16. The Morgan fingerprint density at radius 1 is 1.53 bits per heavy atom. The molecule has 1 unspecified atom stereocenters. The number of nitrogens with zero attached hydrogens (tertiary/aromatic N) is 2. The molecule has 1 aromatic rings. The minimum absolute atomic E-state index is 0.299. The van der Waals surface area contributed by atoms with E-state index >= 15 is 0 Å². The molecule has 0 amide bonds. The van der Waals surface area contributed by atoms with Crippen molar-refractivity contribution in [2.75, 3.05) is 25.7 Å². The van der Waals surface area contributed by atoms with Gasteiger partial charge in [0.1, 0.15) is 5.82 Å². The van der Waals surface area contributed by atoms with Gasteiger partial charge in [0.2, 0.25) is 0 Å². The van der Waals surface area contributed by atoms with Gasteiger partial charge < -0.3 is 9.64 Å². The van der Waals surface area contributed by atoms with Gasteiger partial charge in [-0.2, -0.15) is 0 Å². The number of pyridine rings is 1. The Bertz CT molecular complexity index is 306. The summed E-state index contributed by atoms with van der Waals surface area (Å²) in [5.41, 5.74) is 0.894. The molecular formula is C11H17ClN2O. The summed E-state index contributed by atoms with van der Waals surface area (Å²) < 4.78 is 5.11. The zero-order valence-corrected chi connectivity index (χ0v) is 10.2. The van der Waals surface area contributed by atoms with Crippen molar-refractivity contribution in [2.24, 2.45) is 0 Å². The Balaban J connectivity index is 2.76. The molecule has 0 spiro atoms. The number of ether oxygens (including phenoxy) is 1. The van der Waals surface area contributed by atoms with Gasteiger partial charge in [-0.25, -0.2) is 4.98 Å². The quantitative estimate of drug-likeness (QED) is 0.724. The molecule has 0 saturated carbocycles. The molecule has 1 rings (SSSR count). The fourth-order valence-electron chi connectivity index (χ4n) is 1.32. The predicted octanol–water partition coefficient (Wildman–Crippen LogP) is 2.29. The van der Waals surface area contributed by atoms with Gasteiger partial charge >= 0.3 is 0 Å². The van der Waals surface area contributed by atoms with Gasteiger partial charge in [0.15, 0.2) is 0 Å². The van der Waals surface area contributed by atoms with E-state index in [2.05, 4.69) is 16.8 Å². The third kappa shape index (κ3) is 3.36. The summed E-state index contributed by atoms with van der Waals surface area (Å²) in [5.74, 6) is 1.37. The Morgan fingerprint density at radius 3 is 2.87 bits per heavy atom. The zero-order chi connectivity index (χ0) is 11.3. The lowest BCUT2D eigenvalue weighted by atomic mass is 10.3. The fourth-order valence-corrected chi connectivity index (χ4v) is 1.47. The predicted molar refractivity (Wildman–Crippen MR) is 63.5 cm³/mol. The molecule has 1 aromatic heterocycles. The summed E-state index contributed by atoms with van der Waals surface area (Å²) in [5, 5.41) is 0. The maximum atomic E-state index is 5.74. The molecule has 0 aliphatic carbocycles. The van der Waals surface area contributed by atoms with Crippen molar-refractivity contribution in [3.05, 3.63) is 23.9 Å². The van der Waals surface area contributed by atoms with Crippen LogP contribution >= 0.6 is 11.6 Å². The van der Waals surface area contributed by atoms with Gasteiger partial charge in [0, 0.05) is 14.2 Å². The Labute approximate surface area is 96.0 Å². The lowest BCUT2D eigenvalue weighted by Gasteiger charge is -2.25. The van der Waals surface area contributed by atoms with Crippen LogP contribution in [0.25, 0.3) is 0 Å². The third-order valence-electron chi connectivity index (χ3n) is 2.36. The molecule has 0 bridgehead atoms. The first-order chi connectivity index (χ1) is 7.19. The summed E-state index contributed by atoms with van der Waals surface area (Å²) in [4.78, 5) is 6.52. The molecule has 0 saturated heterocycles. The lowest BCUT2D eigenvalue weighted by molar-refractivity contribution is 0.183. The highest BCUT2D eigenvalue weighted by atomic mass is 35.5. The second kappa shape index (κ2) is 5.93. The van der Waals surface area contributed by atoms with Crippen LogP contribution in [0.2, 0.25) is 0 Å². The van der Waals surface area contributed by atoms with E-state index < -0.39 is 0 Å². The van der Waals surface area contributed by atoms with Gasteiger partial charge in [-0.1, -0.05) is 6.07 Å². The molecule has 15 heavy (non-hydrogen) atoms. The van der Waals surface area contributed by atoms with Gasteiger partial charge in [-0.05, 0) is 19.1 Å². The van der Waals surface area contributed by atoms with Crippen LogP contribution in [-0.2, 0) is 10.6 Å². The summed E-state index contributed by atoms with van der Waals surface area (Å²) in [6.07, 6.45) is 0. The largest absolute Gasteiger partial charge is 0.383 e. The first-order valence-corrected chi connectivity index (χ1v) is 5.46. The SMILES string of the molecule is COCC(C)N(C)c1cccc(CCl)n1. The zero-order valence-electron chi connectivity index (χ0n) is 9.40. The molecule has 0 N–H and O–H groups in total. The van der Waals surface area contributed by atoms with Crippen molar-refractivity contribution in [3.8, 4) is 0 Å². The van der Waals surface area contributed by atoms with E-state index in [1.54, 1.807) is 7.11 Å². The highest BCUT2D eigenvalue weighted by molar-refractivity contribution is 6.16. The summed E-state index contributed by atoms with van der Waals surface area (Å²) >= 11 is 5.74. The van der Waals surface area contributed by atoms with Crippen LogP contribution in [0.15, 0.2) is 18.2 Å². The number of hydrogen-bond acceptors (Lipinski definition) is 3. The first-order valence-electron chi connectivity index (χ1n) is 4.92. The van der Waals surface area contributed by atoms with Crippen molar-refractivity contribution in [3.63, 3.8) is 0 Å². The van der Waals surface area contributed by atoms with E-state index in [0.717, 1.165) is 11.5 Å². The smallest absolute Gasteiger partial charge is 0.128 e. The van der Waals surface area contributed by atoms with Gasteiger partial charge in [0.05, 0.1) is 24.2 Å². The molecule has 0 fully saturated rings. The average molecular weight is 229 g/mol. The summed E-state index contributed by atoms with van der Waals surface area (Å²) in [7, 11) is 3.71. The van der Waals surface area contributed by atoms with Gasteiger partial charge in [-0.15, -0.1) is 11.6 Å². The van der Waals surface area contributed by atoms with Crippen molar-refractivity contribution >= 4 is 17.4 Å². The minimum atomic E-state index is 0.299. The lowest BCUT2D eigenvalue weighted by Crippen LogP contribution is -2.33. The monoisotopic (exact) mass is 228 g/mol. The Kier molecular flexibility index (Phi) is 4.85. The van der Waals surface area contributed by atoms with E-state index in [1.165, 1.54) is 0 Å². The molecule has 1 heterocycles. The van der Waals surface area contributed by atoms with Crippen LogP contribution in [0.3, 0.4) is 0 Å². The van der Waals surface area contributed by atoms with Crippen molar-refractivity contribution in [2.45, 2.75) is 18.8 Å². The van der Waals surface area contributed by atoms with Crippen LogP contribution < -0.4 is 4.90 Å². The molecule has 4 heteroatoms. The van der Waals surface area contributed by atoms with E-state index in [0.29, 0.717) is 18.5 Å². The third-order valence-corrected chi connectivity index (χ3v) is 2.63. The Hall–Kier alpha value is -0.800. The van der Waals surface area contributed by atoms with Crippen LogP contribution in [0.1, 0.15) is 12.6 Å². The van der Waals surface area contributed by atoms with Crippen molar-refractivity contribution < 1.29 is 4.74 Å². The van der Waals surface area contributed by atoms with E-state index in [-0.39, 0.29) is 0 Å². The number of halogens is 1. The molecule has 1 atom stereocenters. The number of methoxy groups -OCH3 is 1. The number of aromatic nitrogens is 1. The fraction of sp³-hybridized carbons (Fsp3) is 0.545. The molecule has 84 valence electrons. The number of rotatable bonds is 5. The van der Waals surface area contributed by atoms with Crippen molar-refractivity contribution in [1.29, 1.82) is 0 Å². The standard InChI is InChI=1S/C11H17ClN2O/c1-9(8-15-3)14(2)11-6-4-5-10(7-12)13-11/h4-6,9H,7-8H2,1-3H3. The van der Waals surface area contributed by atoms with Crippen LogP contribution in [-0.4, -0.2) is 31.8 Å². The molecule has 3 nitrogen and oxygen atoms in total. The van der Waals surface area contributed by atoms with E-state index in [4.69, 9.17) is 16.3 Å². The second-order valence-electron chi connectivity index (χ2n) is 3.54. The van der Waals surface area contributed by atoms with Gasteiger partial charge in [0.25, 0.3) is 0 Å². The van der Waals surface area contributed by atoms with E-state index in [9.17, 15) is 0 Å². The van der Waals surface area contributed by atoms with Crippen molar-refractivity contribution in [1.82, 2.24) is 4.98 Å². The Morgan fingerprint density at radius 2 is 2.27 bits per heavy atom. The molecular weight excluding hydrogens is 212 g/mol. The van der Waals surface area contributed by atoms with Crippen LogP contribution in [0.5, 0.6) is 0 Å². The normalized spacial score (nSPS) is 12.5. The number of alkyl halides is 1. The first kappa shape index (κ1) is 12.3.